The van der Waals surface area contributed by atoms with Crippen molar-refractivity contribution in [2.75, 3.05) is 12.8 Å². The minimum atomic E-state index is -0.339. The van der Waals surface area contributed by atoms with Gasteiger partial charge in [-0.25, -0.2) is 9.37 Å². The summed E-state index contributed by atoms with van der Waals surface area (Å²) in [7, 11) is 1.54. The SMILES string of the molecule is COc1ccc(F)cc1-c1cc(N)c2ccccc2n1. The smallest absolute Gasteiger partial charge is 0.128 e. The van der Waals surface area contributed by atoms with Gasteiger partial charge in [0.15, 0.2) is 0 Å². The van der Waals surface area contributed by atoms with Crippen molar-refractivity contribution in [3.63, 3.8) is 0 Å². The predicted molar refractivity (Wildman–Crippen MR) is 78.1 cm³/mol. The Hall–Kier alpha value is -2.62. The highest BCUT2D eigenvalue weighted by Gasteiger charge is 2.11. The number of anilines is 1. The average molecular weight is 268 g/mol. The van der Waals surface area contributed by atoms with Gasteiger partial charge in [0.2, 0.25) is 0 Å². The van der Waals surface area contributed by atoms with Gasteiger partial charge in [-0.05, 0) is 30.3 Å². The van der Waals surface area contributed by atoms with Crippen LogP contribution in [0.4, 0.5) is 10.1 Å². The first-order valence-corrected chi connectivity index (χ1v) is 6.18. The number of hydrogen-bond donors (Lipinski definition) is 1. The molecule has 2 aromatic carbocycles. The van der Waals surface area contributed by atoms with E-state index in [0.717, 1.165) is 10.9 Å². The van der Waals surface area contributed by atoms with Gasteiger partial charge >= 0.3 is 0 Å². The molecule has 0 spiro atoms. The van der Waals surface area contributed by atoms with Crippen LogP contribution in [0.5, 0.6) is 5.75 Å². The van der Waals surface area contributed by atoms with Gasteiger partial charge in [0, 0.05) is 16.6 Å². The summed E-state index contributed by atoms with van der Waals surface area (Å²) in [5.41, 5.74) is 8.61. The number of ether oxygens (including phenoxy) is 1. The zero-order valence-corrected chi connectivity index (χ0v) is 10.9. The fourth-order valence-corrected chi connectivity index (χ4v) is 2.22. The van der Waals surface area contributed by atoms with Crippen molar-refractivity contribution in [2.24, 2.45) is 0 Å². The third kappa shape index (κ3) is 2.05. The van der Waals surface area contributed by atoms with E-state index in [1.165, 1.54) is 12.1 Å². The van der Waals surface area contributed by atoms with E-state index in [0.29, 0.717) is 22.7 Å². The molecule has 0 aliphatic rings. The van der Waals surface area contributed by atoms with Crippen LogP contribution in [-0.4, -0.2) is 12.1 Å². The minimum Gasteiger partial charge on any atom is -0.496 e. The highest BCUT2D eigenvalue weighted by molar-refractivity contribution is 5.93. The van der Waals surface area contributed by atoms with Gasteiger partial charge in [0.25, 0.3) is 0 Å². The largest absolute Gasteiger partial charge is 0.496 e. The van der Waals surface area contributed by atoms with Crippen molar-refractivity contribution in [2.45, 2.75) is 0 Å². The molecule has 2 N–H and O–H groups in total. The highest BCUT2D eigenvalue weighted by atomic mass is 19.1. The quantitative estimate of drug-likeness (QED) is 0.772. The van der Waals surface area contributed by atoms with Crippen LogP contribution < -0.4 is 10.5 Å². The molecule has 0 bridgehead atoms. The first-order chi connectivity index (χ1) is 9.69. The van der Waals surface area contributed by atoms with Crippen LogP contribution in [0, 0.1) is 5.82 Å². The van der Waals surface area contributed by atoms with Crippen LogP contribution in [0.2, 0.25) is 0 Å². The number of aromatic nitrogens is 1. The fourth-order valence-electron chi connectivity index (χ4n) is 2.22. The Bertz CT molecular complexity index is 787. The normalized spacial score (nSPS) is 10.7. The standard InChI is InChI=1S/C16H13FN2O/c1-20-16-7-6-10(17)8-12(16)15-9-13(18)11-4-2-3-5-14(11)19-15/h2-9H,1H3,(H2,18,19). The van der Waals surface area contributed by atoms with Gasteiger partial charge < -0.3 is 10.5 Å². The maximum Gasteiger partial charge on any atom is 0.128 e. The van der Waals surface area contributed by atoms with E-state index in [1.807, 2.05) is 24.3 Å². The number of nitrogens with zero attached hydrogens (tertiary/aromatic N) is 1. The lowest BCUT2D eigenvalue weighted by atomic mass is 10.1. The number of pyridine rings is 1. The van der Waals surface area contributed by atoms with Gasteiger partial charge in [0.1, 0.15) is 11.6 Å². The maximum atomic E-state index is 13.5. The second kappa shape index (κ2) is 4.81. The third-order valence-electron chi connectivity index (χ3n) is 3.19. The topological polar surface area (TPSA) is 48.1 Å². The molecule has 0 atom stereocenters. The second-order valence-corrected chi connectivity index (χ2v) is 4.46. The number of halogens is 1. The molecule has 1 heterocycles. The number of benzene rings is 2. The lowest BCUT2D eigenvalue weighted by molar-refractivity contribution is 0.415. The zero-order valence-electron chi connectivity index (χ0n) is 10.9. The van der Waals surface area contributed by atoms with Crippen LogP contribution in [-0.2, 0) is 0 Å². The summed E-state index contributed by atoms with van der Waals surface area (Å²) < 4.78 is 18.7. The Labute approximate surface area is 115 Å². The summed E-state index contributed by atoms with van der Waals surface area (Å²) >= 11 is 0. The minimum absolute atomic E-state index is 0.339. The predicted octanol–water partition coefficient (Wildman–Crippen LogP) is 3.63. The molecule has 0 aliphatic carbocycles. The number of rotatable bonds is 2. The molecular formula is C16H13FN2O. The summed E-state index contributed by atoms with van der Waals surface area (Å²) in [4.78, 5) is 4.53. The van der Waals surface area contributed by atoms with Crippen molar-refractivity contribution in [1.82, 2.24) is 4.98 Å². The Morgan fingerprint density at radius 1 is 1.10 bits per heavy atom. The third-order valence-corrected chi connectivity index (χ3v) is 3.19. The highest BCUT2D eigenvalue weighted by Crippen LogP contribution is 2.32. The van der Waals surface area contributed by atoms with Crippen molar-refractivity contribution < 1.29 is 9.13 Å². The Morgan fingerprint density at radius 3 is 2.70 bits per heavy atom. The van der Waals surface area contributed by atoms with Crippen LogP contribution in [0.1, 0.15) is 0 Å². The first kappa shape index (κ1) is 12.4. The molecule has 0 unspecified atom stereocenters. The molecule has 0 radical (unpaired) electrons. The van der Waals surface area contributed by atoms with E-state index in [-0.39, 0.29) is 5.82 Å². The van der Waals surface area contributed by atoms with Crippen LogP contribution in [0.25, 0.3) is 22.2 Å². The molecule has 0 saturated carbocycles. The van der Waals surface area contributed by atoms with Crippen molar-refractivity contribution in [3.8, 4) is 17.0 Å². The van der Waals surface area contributed by atoms with Crippen molar-refractivity contribution in [3.05, 3.63) is 54.3 Å². The van der Waals surface area contributed by atoms with Crippen LogP contribution in [0.3, 0.4) is 0 Å². The molecule has 0 aliphatic heterocycles. The summed E-state index contributed by atoms with van der Waals surface area (Å²) in [6.45, 7) is 0. The van der Waals surface area contributed by atoms with E-state index in [2.05, 4.69) is 4.98 Å². The molecule has 4 heteroatoms. The van der Waals surface area contributed by atoms with E-state index in [4.69, 9.17) is 10.5 Å². The monoisotopic (exact) mass is 268 g/mol. The first-order valence-electron chi connectivity index (χ1n) is 6.18. The summed E-state index contributed by atoms with van der Waals surface area (Å²) in [6.07, 6.45) is 0. The maximum absolute atomic E-state index is 13.5. The zero-order chi connectivity index (χ0) is 14.1. The molecule has 0 fully saturated rings. The van der Waals surface area contributed by atoms with Crippen LogP contribution in [0.15, 0.2) is 48.5 Å². The molecule has 3 aromatic rings. The number of nitrogens with two attached hydrogens (primary N) is 1. The molecule has 20 heavy (non-hydrogen) atoms. The van der Waals surface area contributed by atoms with Crippen LogP contribution >= 0.6 is 0 Å². The van der Waals surface area contributed by atoms with Gasteiger partial charge in [-0.3, -0.25) is 0 Å². The van der Waals surface area contributed by atoms with E-state index in [9.17, 15) is 4.39 Å². The van der Waals surface area contributed by atoms with Gasteiger partial charge in [-0.1, -0.05) is 18.2 Å². The van der Waals surface area contributed by atoms with Gasteiger partial charge in [-0.2, -0.15) is 0 Å². The fraction of sp³-hybridized carbons (Fsp3) is 0.0625. The molecule has 100 valence electrons. The van der Waals surface area contributed by atoms with Crippen molar-refractivity contribution >= 4 is 16.6 Å². The Kier molecular flexibility index (Phi) is 2.99. The molecule has 3 nitrogen and oxygen atoms in total. The van der Waals surface area contributed by atoms with Gasteiger partial charge in [-0.15, -0.1) is 0 Å². The Morgan fingerprint density at radius 2 is 1.90 bits per heavy atom. The Balaban J connectivity index is 2.27. The number of nitrogen functional groups attached to an aromatic ring is 1. The molecule has 1 aromatic heterocycles. The summed E-state index contributed by atoms with van der Waals surface area (Å²) in [5, 5.41) is 0.881. The van der Waals surface area contributed by atoms with Crippen molar-refractivity contribution in [1.29, 1.82) is 0 Å². The second-order valence-electron chi connectivity index (χ2n) is 4.46. The summed E-state index contributed by atoms with van der Waals surface area (Å²) in [6, 6.07) is 13.6. The lowest BCUT2D eigenvalue weighted by Crippen LogP contribution is -1.95. The molecule has 3 rings (SSSR count). The lowest BCUT2D eigenvalue weighted by Gasteiger charge is -2.10. The van der Waals surface area contributed by atoms with E-state index < -0.39 is 0 Å². The number of hydrogen-bond acceptors (Lipinski definition) is 3. The van der Waals surface area contributed by atoms with E-state index >= 15 is 0 Å². The number of methoxy groups -OCH3 is 1. The summed E-state index contributed by atoms with van der Waals surface area (Å²) in [5.74, 6) is 0.225. The number of para-hydroxylation sites is 1. The molecule has 0 saturated heterocycles. The average Bonchev–Trinajstić information content (AvgIpc) is 2.47. The molecule has 0 amide bonds. The van der Waals surface area contributed by atoms with Gasteiger partial charge in [0.05, 0.1) is 18.3 Å². The number of fused-ring (bicyclic) bond motifs is 1. The molecular weight excluding hydrogens is 255 g/mol. The van der Waals surface area contributed by atoms with E-state index in [1.54, 1.807) is 19.2 Å².